The van der Waals surface area contributed by atoms with Crippen LogP contribution in [0.25, 0.3) is 10.8 Å². The van der Waals surface area contributed by atoms with Crippen LogP contribution in [0, 0.1) is 0 Å². The average molecular weight is 243 g/mol. The van der Waals surface area contributed by atoms with E-state index in [1.54, 1.807) is 7.11 Å². The molecule has 2 nitrogen and oxygen atoms in total. The van der Waals surface area contributed by atoms with Crippen LogP contribution in [0.3, 0.4) is 0 Å². The fourth-order valence-corrected chi connectivity index (χ4v) is 2.11. The topological polar surface area (TPSA) is 21.3 Å². The van der Waals surface area contributed by atoms with E-state index in [9.17, 15) is 0 Å². The molecule has 2 aromatic carbocycles. The monoisotopic (exact) mass is 243 g/mol. The summed E-state index contributed by atoms with van der Waals surface area (Å²) in [6.07, 6.45) is 1.13. The highest BCUT2D eigenvalue weighted by molar-refractivity contribution is 5.87. The van der Waals surface area contributed by atoms with Crippen molar-refractivity contribution in [2.75, 3.05) is 7.11 Å². The van der Waals surface area contributed by atoms with E-state index in [0.717, 1.165) is 18.7 Å². The molecule has 0 aromatic heterocycles. The highest BCUT2D eigenvalue weighted by Crippen LogP contribution is 2.27. The van der Waals surface area contributed by atoms with Crippen molar-refractivity contribution in [2.45, 2.75) is 32.9 Å². The van der Waals surface area contributed by atoms with E-state index in [1.165, 1.54) is 16.3 Å². The van der Waals surface area contributed by atoms with Crippen LogP contribution in [0.5, 0.6) is 5.75 Å². The fourth-order valence-electron chi connectivity index (χ4n) is 2.11. The van der Waals surface area contributed by atoms with Crippen LogP contribution in [0.15, 0.2) is 36.4 Å². The number of hydrogen-bond donors (Lipinski definition) is 1. The minimum atomic E-state index is 0.522. The normalized spacial score (nSPS) is 12.6. The van der Waals surface area contributed by atoms with Crippen LogP contribution in [0.2, 0.25) is 0 Å². The molecule has 0 saturated carbocycles. The molecule has 1 N–H and O–H groups in total. The molecule has 0 aliphatic heterocycles. The van der Waals surface area contributed by atoms with E-state index in [2.05, 4.69) is 55.6 Å². The van der Waals surface area contributed by atoms with E-state index in [1.807, 2.05) is 0 Å². The molecule has 0 aliphatic carbocycles. The predicted octanol–water partition coefficient (Wildman–Crippen LogP) is 3.74. The minimum Gasteiger partial charge on any atom is -0.496 e. The summed E-state index contributed by atoms with van der Waals surface area (Å²) in [5, 5.41) is 6.07. The Bertz CT molecular complexity index is 521. The second-order valence-electron chi connectivity index (χ2n) is 4.66. The first kappa shape index (κ1) is 12.9. The van der Waals surface area contributed by atoms with E-state index in [0.29, 0.717) is 6.04 Å². The quantitative estimate of drug-likeness (QED) is 0.863. The van der Waals surface area contributed by atoms with Gasteiger partial charge in [-0.1, -0.05) is 37.3 Å². The first-order valence-corrected chi connectivity index (χ1v) is 6.54. The molecule has 0 fully saturated rings. The zero-order valence-electron chi connectivity index (χ0n) is 11.4. The second kappa shape index (κ2) is 5.87. The van der Waals surface area contributed by atoms with Gasteiger partial charge in [-0.2, -0.15) is 0 Å². The van der Waals surface area contributed by atoms with Gasteiger partial charge < -0.3 is 10.1 Å². The number of nitrogens with one attached hydrogen (secondary N) is 1. The van der Waals surface area contributed by atoms with Gasteiger partial charge in [-0.3, -0.25) is 0 Å². The molecule has 0 radical (unpaired) electrons. The molecule has 2 rings (SSSR count). The third-order valence-electron chi connectivity index (χ3n) is 3.46. The molecular weight excluding hydrogens is 222 g/mol. The van der Waals surface area contributed by atoms with Crippen LogP contribution < -0.4 is 10.1 Å². The Morgan fingerprint density at radius 2 is 1.94 bits per heavy atom. The lowest BCUT2D eigenvalue weighted by molar-refractivity contribution is 0.406. The zero-order chi connectivity index (χ0) is 13.0. The maximum Gasteiger partial charge on any atom is 0.123 e. The summed E-state index contributed by atoms with van der Waals surface area (Å²) in [7, 11) is 1.73. The Kier molecular flexibility index (Phi) is 4.21. The molecule has 96 valence electrons. The Labute approximate surface area is 109 Å². The number of benzene rings is 2. The molecule has 2 aromatic rings. The Hall–Kier alpha value is -1.54. The van der Waals surface area contributed by atoms with Crippen LogP contribution in [-0.2, 0) is 6.54 Å². The molecule has 0 unspecified atom stereocenters. The third-order valence-corrected chi connectivity index (χ3v) is 3.46. The highest BCUT2D eigenvalue weighted by Gasteiger charge is 2.08. The van der Waals surface area contributed by atoms with Crippen molar-refractivity contribution in [1.82, 2.24) is 5.32 Å². The number of ether oxygens (including phenoxy) is 1. The largest absolute Gasteiger partial charge is 0.496 e. The molecule has 0 saturated heterocycles. The molecule has 0 bridgehead atoms. The summed E-state index contributed by atoms with van der Waals surface area (Å²) < 4.78 is 5.48. The molecular formula is C16H21NO. The van der Waals surface area contributed by atoms with Gasteiger partial charge >= 0.3 is 0 Å². The van der Waals surface area contributed by atoms with Crippen LogP contribution in [-0.4, -0.2) is 13.2 Å². The summed E-state index contributed by atoms with van der Waals surface area (Å²) in [6.45, 7) is 5.25. The van der Waals surface area contributed by atoms with Crippen molar-refractivity contribution in [3.05, 3.63) is 42.0 Å². The molecule has 1 atom stereocenters. The molecule has 0 heterocycles. The van der Waals surface area contributed by atoms with E-state index in [4.69, 9.17) is 4.74 Å². The summed E-state index contributed by atoms with van der Waals surface area (Å²) >= 11 is 0. The Balaban J connectivity index is 2.38. The smallest absolute Gasteiger partial charge is 0.123 e. The van der Waals surface area contributed by atoms with Gasteiger partial charge in [0.1, 0.15) is 5.75 Å². The van der Waals surface area contributed by atoms with Gasteiger partial charge in [0, 0.05) is 18.2 Å². The SMILES string of the molecule is CC[C@H](C)NCc1c(OC)ccc2ccccc12. The van der Waals surface area contributed by atoms with Gasteiger partial charge in [0.05, 0.1) is 7.11 Å². The van der Waals surface area contributed by atoms with Crippen LogP contribution >= 0.6 is 0 Å². The zero-order valence-corrected chi connectivity index (χ0v) is 11.4. The average Bonchev–Trinajstić information content (AvgIpc) is 2.44. The van der Waals surface area contributed by atoms with Crippen molar-refractivity contribution in [1.29, 1.82) is 0 Å². The summed E-state index contributed by atoms with van der Waals surface area (Å²) in [4.78, 5) is 0. The van der Waals surface area contributed by atoms with Crippen molar-refractivity contribution >= 4 is 10.8 Å². The lowest BCUT2D eigenvalue weighted by Gasteiger charge is -2.16. The molecule has 18 heavy (non-hydrogen) atoms. The van der Waals surface area contributed by atoms with Crippen molar-refractivity contribution in [3.8, 4) is 5.75 Å². The molecule has 0 aliphatic rings. The molecule has 0 amide bonds. The number of rotatable bonds is 5. The van der Waals surface area contributed by atoms with Crippen molar-refractivity contribution in [2.24, 2.45) is 0 Å². The van der Waals surface area contributed by atoms with Gasteiger partial charge in [-0.25, -0.2) is 0 Å². The minimum absolute atomic E-state index is 0.522. The second-order valence-corrected chi connectivity index (χ2v) is 4.66. The maximum absolute atomic E-state index is 5.48. The molecule has 0 spiro atoms. The maximum atomic E-state index is 5.48. The number of methoxy groups -OCH3 is 1. The standard InChI is InChI=1S/C16H21NO/c1-4-12(2)17-11-15-14-8-6-5-7-13(14)9-10-16(15)18-3/h5-10,12,17H,4,11H2,1-3H3/t12-/m0/s1. The fraction of sp³-hybridized carbons (Fsp3) is 0.375. The number of hydrogen-bond acceptors (Lipinski definition) is 2. The summed E-state index contributed by atoms with van der Waals surface area (Å²) in [5.74, 6) is 0.963. The Morgan fingerprint density at radius 1 is 1.17 bits per heavy atom. The summed E-state index contributed by atoms with van der Waals surface area (Å²) in [5.41, 5.74) is 1.25. The van der Waals surface area contributed by atoms with Crippen LogP contribution in [0.1, 0.15) is 25.8 Å². The van der Waals surface area contributed by atoms with Gasteiger partial charge in [0.25, 0.3) is 0 Å². The first-order chi connectivity index (χ1) is 8.76. The Morgan fingerprint density at radius 3 is 2.67 bits per heavy atom. The van der Waals surface area contributed by atoms with E-state index < -0.39 is 0 Å². The van der Waals surface area contributed by atoms with E-state index in [-0.39, 0.29) is 0 Å². The third kappa shape index (κ3) is 2.65. The number of fused-ring (bicyclic) bond motifs is 1. The predicted molar refractivity (Wildman–Crippen MR) is 77.1 cm³/mol. The van der Waals surface area contributed by atoms with Gasteiger partial charge in [-0.15, -0.1) is 0 Å². The van der Waals surface area contributed by atoms with Gasteiger partial charge in [-0.05, 0) is 30.2 Å². The van der Waals surface area contributed by atoms with Gasteiger partial charge in [0.2, 0.25) is 0 Å². The first-order valence-electron chi connectivity index (χ1n) is 6.54. The lowest BCUT2D eigenvalue weighted by atomic mass is 10.0. The van der Waals surface area contributed by atoms with Crippen molar-refractivity contribution in [3.63, 3.8) is 0 Å². The highest BCUT2D eigenvalue weighted by atomic mass is 16.5. The van der Waals surface area contributed by atoms with Crippen molar-refractivity contribution < 1.29 is 4.74 Å². The van der Waals surface area contributed by atoms with Crippen LogP contribution in [0.4, 0.5) is 0 Å². The molecule has 2 heteroatoms. The summed E-state index contributed by atoms with van der Waals surface area (Å²) in [6, 6.07) is 13.1. The van der Waals surface area contributed by atoms with Gasteiger partial charge in [0.15, 0.2) is 0 Å². The van der Waals surface area contributed by atoms with E-state index >= 15 is 0 Å². The lowest BCUT2D eigenvalue weighted by Crippen LogP contribution is -2.24.